The summed E-state index contributed by atoms with van der Waals surface area (Å²) < 4.78 is 0. The lowest BCUT2D eigenvalue weighted by atomic mass is 10.1. The number of carbonyl (C=O) groups excluding carboxylic acids is 1. The highest BCUT2D eigenvalue weighted by atomic mass is 32.2. The molecule has 0 bridgehead atoms. The van der Waals surface area contributed by atoms with Crippen molar-refractivity contribution in [3.63, 3.8) is 0 Å². The van der Waals surface area contributed by atoms with Crippen LogP contribution in [-0.2, 0) is 6.54 Å². The molecule has 1 aliphatic rings. The van der Waals surface area contributed by atoms with Crippen molar-refractivity contribution < 1.29 is 4.79 Å². The number of aliphatic imine (C=N–C) groups is 1. The van der Waals surface area contributed by atoms with Crippen molar-refractivity contribution in [2.24, 2.45) is 10.9 Å². The highest BCUT2D eigenvalue weighted by Gasteiger charge is 2.24. The Morgan fingerprint density at radius 3 is 2.55 bits per heavy atom. The molecule has 2 aromatic carbocycles. The normalized spacial score (nSPS) is 16.7. The fraction of sp³-hybridized carbons (Fsp3) is 0.391. The fourth-order valence-electron chi connectivity index (χ4n) is 3.43. The Morgan fingerprint density at radius 2 is 1.90 bits per heavy atom. The predicted molar refractivity (Wildman–Crippen MR) is 122 cm³/mol. The van der Waals surface area contributed by atoms with Gasteiger partial charge >= 0.3 is 0 Å². The second kappa shape index (κ2) is 10.3. The number of nitrogens with zero attached hydrogens (tertiary/aromatic N) is 3. The van der Waals surface area contributed by atoms with Crippen LogP contribution in [0.5, 0.6) is 0 Å². The van der Waals surface area contributed by atoms with E-state index in [1.807, 2.05) is 43.1 Å². The summed E-state index contributed by atoms with van der Waals surface area (Å²) in [6.07, 6.45) is 1.20. The molecule has 6 heteroatoms. The average molecular weight is 411 g/mol. The van der Waals surface area contributed by atoms with Gasteiger partial charge in [0.2, 0.25) is 0 Å². The lowest BCUT2D eigenvalue weighted by Gasteiger charge is -2.22. The van der Waals surface area contributed by atoms with E-state index in [4.69, 9.17) is 0 Å². The van der Waals surface area contributed by atoms with Crippen LogP contribution in [0.1, 0.15) is 22.3 Å². The molecule has 1 atom stereocenters. The molecular formula is C23H30N4OS. The quantitative estimate of drug-likeness (QED) is 0.449. The summed E-state index contributed by atoms with van der Waals surface area (Å²) in [4.78, 5) is 21.7. The molecule has 3 rings (SSSR count). The first-order valence-electron chi connectivity index (χ1n) is 10.0. The Hall–Kier alpha value is -2.47. The molecule has 1 heterocycles. The Morgan fingerprint density at radius 1 is 1.17 bits per heavy atom. The number of likely N-dealkylation sites (tertiary alicyclic amines) is 1. The highest BCUT2D eigenvalue weighted by Crippen LogP contribution is 2.25. The van der Waals surface area contributed by atoms with E-state index in [0.717, 1.165) is 30.4 Å². The molecule has 0 radical (unpaired) electrons. The molecule has 0 aliphatic carbocycles. The zero-order valence-electron chi connectivity index (χ0n) is 17.5. The van der Waals surface area contributed by atoms with E-state index in [9.17, 15) is 4.79 Å². The Labute approximate surface area is 178 Å². The molecular weight excluding hydrogens is 380 g/mol. The topological polar surface area (TPSA) is 47.9 Å². The van der Waals surface area contributed by atoms with Crippen molar-refractivity contribution in [2.45, 2.75) is 17.9 Å². The van der Waals surface area contributed by atoms with Crippen molar-refractivity contribution >= 4 is 23.6 Å². The van der Waals surface area contributed by atoms with Gasteiger partial charge in [-0.05, 0) is 42.2 Å². The van der Waals surface area contributed by atoms with Gasteiger partial charge in [0.25, 0.3) is 5.91 Å². The second-order valence-corrected chi connectivity index (χ2v) is 8.62. The number of amides is 1. The number of carbonyl (C=O) groups is 1. The summed E-state index contributed by atoms with van der Waals surface area (Å²) in [5, 5.41) is 3.47. The third kappa shape index (κ3) is 6.00. The molecule has 1 N–H and O–H groups in total. The molecule has 154 valence electrons. The van der Waals surface area contributed by atoms with Crippen LogP contribution in [0, 0.1) is 5.92 Å². The standard InChI is InChI=1S/C23H30N4OS/c1-24-23(25-15-18-9-11-20(12-10-18)22(28)26(2)3)27-14-13-19(16-27)17-29-21-7-5-4-6-8-21/h4-12,19H,13-17H2,1-3H3,(H,24,25). The van der Waals surface area contributed by atoms with Crippen molar-refractivity contribution in [2.75, 3.05) is 40.0 Å². The maximum atomic E-state index is 12.0. The molecule has 1 aliphatic heterocycles. The fourth-order valence-corrected chi connectivity index (χ4v) is 4.48. The first-order valence-corrected chi connectivity index (χ1v) is 11.0. The Balaban J connectivity index is 1.47. The van der Waals surface area contributed by atoms with Gasteiger partial charge in [-0.25, -0.2) is 0 Å². The lowest BCUT2D eigenvalue weighted by Crippen LogP contribution is -2.39. The zero-order valence-corrected chi connectivity index (χ0v) is 18.3. The summed E-state index contributed by atoms with van der Waals surface area (Å²) in [5.41, 5.74) is 1.85. The molecule has 0 saturated carbocycles. The van der Waals surface area contributed by atoms with Gasteiger partial charge in [0.05, 0.1) is 0 Å². The second-order valence-electron chi connectivity index (χ2n) is 7.52. The number of nitrogens with one attached hydrogen (secondary N) is 1. The summed E-state index contributed by atoms with van der Waals surface area (Å²) >= 11 is 1.94. The van der Waals surface area contributed by atoms with Gasteiger partial charge < -0.3 is 15.1 Å². The largest absolute Gasteiger partial charge is 0.352 e. The molecule has 29 heavy (non-hydrogen) atoms. The number of thioether (sulfide) groups is 1. The number of rotatable bonds is 6. The van der Waals surface area contributed by atoms with Crippen molar-refractivity contribution in [3.05, 3.63) is 65.7 Å². The van der Waals surface area contributed by atoms with Gasteiger partial charge in [0.1, 0.15) is 0 Å². The first kappa shape index (κ1) is 21.2. The van der Waals surface area contributed by atoms with E-state index in [1.54, 1.807) is 19.0 Å². The third-order valence-electron chi connectivity index (χ3n) is 5.08. The average Bonchev–Trinajstić information content (AvgIpc) is 3.22. The highest BCUT2D eigenvalue weighted by molar-refractivity contribution is 7.99. The maximum absolute atomic E-state index is 12.0. The van der Waals surface area contributed by atoms with E-state index in [-0.39, 0.29) is 5.91 Å². The van der Waals surface area contributed by atoms with Crippen molar-refractivity contribution in [3.8, 4) is 0 Å². The summed E-state index contributed by atoms with van der Waals surface area (Å²) in [6, 6.07) is 18.4. The molecule has 1 unspecified atom stereocenters. The van der Waals surface area contributed by atoms with E-state index >= 15 is 0 Å². The van der Waals surface area contributed by atoms with Gasteiger partial charge in [-0.1, -0.05) is 30.3 Å². The van der Waals surface area contributed by atoms with Crippen molar-refractivity contribution in [1.29, 1.82) is 0 Å². The van der Waals surface area contributed by atoms with Gasteiger partial charge in [0, 0.05) is 57.0 Å². The summed E-state index contributed by atoms with van der Waals surface area (Å²) in [6.45, 7) is 2.77. The van der Waals surface area contributed by atoms with Crippen molar-refractivity contribution in [1.82, 2.24) is 15.1 Å². The smallest absolute Gasteiger partial charge is 0.253 e. The summed E-state index contributed by atoms with van der Waals surface area (Å²) in [5.74, 6) is 2.79. The van der Waals surface area contributed by atoms with Crippen LogP contribution in [0.4, 0.5) is 0 Å². The van der Waals surface area contributed by atoms with Crippen LogP contribution in [0.2, 0.25) is 0 Å². The van der Waals surface area contributed by atoms with Gasteiger partial charge in [0.15, 0.2) is 5.96 Å². The molecule has 1 fully saturated rings. The van der Waals surface area contributed by atoms with Crippen LogP contribution in [0.15, 0.2) is 64.5 Å². The van der Waals surface area contributed by atoms with E-state index in [1.165, 1.54) is 11.3 Å². The molecule has 0 spiro atoms. The maximum Gasteiger partial charge on any atom is 0.253 e. The van der Waals surface area contributed by atoms with Gasteiger partial charge in [-0.2, -0.15) is 0 Å². The minimum Gasteiger partial charge on any atom is -0.352 e. The van der Waals surface area contributed by atoms with Crippen LogP contribution in [0.3, 0.4) is 0 Å². The monoisotopic (exact) mass is 410 g/mol. The minimum absolute atomic E-state index is 0.0248. The summed E-state index contributed by atoms with van der Waals surface area (Å²) in [7, 11) is 5.38. The molecule has 5 nitrogen and oxygen atoms in total. The van der Waals surface area contributed by atoms with Crippen LogP contribution >= 0.6 is 11.8 Å². The molecule has 1 amide bonds. The van der Waals surface area contributed by atoms with E-state index in [0.29, 0.717) is 18.0 Å². The predicted octanol–water partition coefficient (Wildman–Crippen LogP) is 3.58. The number of hydrogen-bond acceptors (Lipinski definition) is 3. The number of hydrogen-bond donors (Lipinski definition) is 1. The van der Waals surface area contributed by atoms with Gasteiger partial charge in [-0.15, -0.1) is 11.8 Å². The SMILES string of the molecule is CN=C(NCc1ccc(C(=O)N(C)C)cc1)N1CCC(CSc2ccccc2)C1. The lowest BCUT2D eigenvalue weighted by molar-refractivity contribution is 0.0827. The molecule has 0 aromatic heterocycles. The van der Waals surface area contributed by atoms with Gasteiger partial charge in [-0.3, -0.25) is 9.79 Å². The van der Waals surface area contributed by atoms with E-state index < -0.39 is 0 Å². The van der Waals surface area contributed by atoms with Crippen LogP contribution in [0.25, 0.3) is 0 Å². The van der Waals surface area contributed by atoms with Crippen LogP contribution in [-0.4, -0.2) is 61.7 Å². The third-order valence-corrected chi connectivity index (χ3v) is 6.33. The Kier molecular flexibility index (Phi) is 7.58. The molecule has 1 saturated heterocycles. The number of benzene rings is 2. The number of guanidine groups is 1. The van der Waals surface area contributed by atoms with Crippen LogP contribution < -0.4 is 5.32 Å². The Bertz CT molecular complexity index is 821. The zero-order chi connectivity index (χ0) is 20.6. The molecule has 2 aromatic rings. The van der Waals surface area contributed by atoms with E-state index in [2.05, 4.69) is 45.5 Å². The first-order chi connectivity index (χ1) is 14.1. The minimum atomic E-state index is 0.0248.